The maximum absolute atomic E-state index is 6.12. The zero-order chi connectivity index (χ0) is 9.42. The normalized spacial score (nSPS) is 20.4. The molecule has 0 fully saturated rings. The second kappa shape index (κ2) is 3.32. The number of hydrogen-bond acceptors (Lipinski definition) is 1. The Morgan fingerprint density at radius 1 is 1.54 bits per heavy atom. The highest BCUT2D eigenvalue weighted by atomic mass is 35.5. The molecule has 2 N–H and O–H groups in total. The van der Waals surface area contributed by atoms with Gasteiger partial charge in [0.1, 0.15) is 0 Å². The zero-order valence-corrected chi connectivity index (χ0v) is 8.56. The van der Waals surface area contributed by atoms with Gasteiger partial charge >= 0.3 is 0 Å². The van der Waals surface area contributed by atoms with Gasteiger partial charge in [0.05, 0.1) is 0 Å². The summed E-state index contributed by atoms with van der Waals surface area (Å²) < 4.78 is 0. The van der Waals surface area contributed by atoms with Crippen LogP contribution in [0.3, 0.4) is 0 Å². The van der Waals surface area contributed by atoms with Gasteiger partial charge in [0.25, 0.3) is 0 Å². The summed E-state index contributed by atoms with van der Waals surface area (Å²) in [6.07, 6.45) is 3.17. The predicted molar refractivity (Wildman–Crippen MR) is 56.1 cm³/mol. The van der Waals surface area contributed by atoms with Crippen molar-refractivity contribution in [2.45, 2.75) is 32.2 Å². The summed E-state index contributed by atoms with van der Waals surface area (Å²) in [5.41, 5.74) is 10.00. The molecule has 70 valence electrons. The minimum absolute atomic E-state index is 0.212. The molecule has 0 aliphatic heterocycles. The van der Waals surface area contributed by atoms with Crippen molar-refractivity contribution in [3.8, 4) is 0 Å². The summed E-state index contributed by atoms with van der Waals surface area (Å²) in [5, 5.41) is 0.874. The van der Waals surface area contributed by atoms with E-state index >= 15 is 0 Å². The first-order valence-corrected chi connectivity index (χ1v) is 5.17. The molecule has 2 heteroatoms. The summed E-state index contributed by atoms with van der Waals surface area (Å²) in [5.74, 6) is 0. The van der Waals surface area contributed by atoms with E-state index in [1.165, 1.54) is 16.7 Å². The van der Waals surface area contributed by atoms with Crippen molar-refractivity contribution in [3.63, 3.8) is 0 Å². The minimum Gasteiger partial charge on any atom is -0.324 e. The average Bonchev–Trinajstić information content (AvgIpc) is 2.49. The molecule has 0 saturated heterocycles. The second-order valence-corrected chi connectivity index (χ2v) is 4.00. The largest absolute Gasteiger partial charge is 0.324 e. The number of benzene rings is 1. The van der Waals surface area contributed by atoms with Crippen LogP contribution in [0.15, 0.2) is 12.1 Å². The summed E-state index contributed by atoms with van der Waals surface area (Å²) >= 11 is 6.12. The lowest BCUT2D eigenvalue weighted by atomic mass is 9.99. The minimum atomic E-state index is 0.212. The second-order valence-electron chi connectivity index (χ2n) is 3.60. The number of hydrogen-bond donors (Lipinski definition) is 1. The Hall–Kier alpha value is -0.530. The Kier molecular flexibility index (Phi) is 2.31. The van der Waals surface area contributed by atoms with Crippen LogP contribution < -0.4 is 5.73 Å². The maximum atomic E-state index is 6.12. The lowest BCUT2D eigenvalue weighted by Gasteiger charge is -2.12. The Morgan fingerprint density at radius 2 is 2.31 bits per heavy atom. The van der Waals surface area contributed by atoms with Gasteiger partial charge in [-0.25, -0.2) is 0 Å². The van der Waals surface area contributed by atoms with E-state index in [1.54, 1.807) is 0 Å². The van der Waals surface area contributed by atoms with E-state index in [1.807, 2.05) is 6.07 Å². The number of rotatable bonds is 1. The van der Waals surface area contributed by atoms with Gasteiger partial charge in [0.2, 0.25) is 0 Å². The smallest absolute Gasteiger partial charge is 0.0441 e. The van der Waals surface area contributed by atoms with Crippen LogP contribution in [0.4, 0.5) is 0 Å². The molecule has 2 rings (SSSR count). The molecule has 1 aliphatic rings. The van der Waals surface area contributed by atoms with E-state index in [9.17, 15) is 0 Å². The summed E-state index contributed by atoms with van der Waals surface area (Å²) in [6, 6.07) is 4.32. The summed E-state index contributed by atoms with van der Waals surface area (Å²) in [7, 11) is 0. The Bertz CT molecular complexity index is 333. The van der Waals surface area contributed by atoms with Gasteiger partial charge in [-0.3, -0.25) is 0 Å². The van der Waals surface area contributed by atoms with Crippen LogP contribution in [0.25, 0.3) is 0 Å². The van der Waals surface area contributed by atoms with Crippen molar-refractivity contribution >= 4 is 11.6 Å². The molecule has 13 heavy (non-hydrogen) atoms. The van der Waals surface area contributed by atoms with Crippen molar-refractivity contribution in [1.82, 2.24) is 0 Å². The van der Waals surface area contributed by atoms with Gasteiger partial charge in [0, 0.05) is 11.1 Å². The van der Waals surface area contributed by atoms with Crippen molar-refractivity contribution in [2.75, 3.05) is 0 Å². The van der Waals surface area contributed by atoms with Crippen LogP contribution in [0.5, 0.6) is 0 Å². The van der Waals surface area contributed by atoms with Crippen LogP contribution in [0, 0.1) is 0 Å². The van der Waals surface area contributed by atoms with Gasteiger partial charge in [-0.15, -0.1) is 0 Å². The topological polar surface area (TPSA) is 26.0 Å². The molecule has 0 unspecified atom stereocenters. The van der Waals surface area contributed by atoms with Crippen LogP contribution in [0.2, 0.25) is 5.02 Å². The Morgan fingerprint density at radius 3 is 3.00 bits per heavy atom. The number of halogens is 1. The van der Waals surface area contributed by atoms with Crippen molar-refractivity contribution in [1.29, 1.82) is 0 Å². The molecule has 1 aromatic rings. The van der Waals surface area contributed by atoms with Crippen molar-refractivity contribution in [3.05, 3.63) is 33.8 Å². The van der Waals surface area contributed by atoms with Gasteiger partial charge in [-0.1, -0.05) is 24.6 Å². The number of nitrogens with two attached hydrogens (primary N) is 1. The first-order valence-electron chi connectivity index (χ1n) is 4.79. The molecule has 0 spiro atoms. The molecule has 1 aliphatic carbocycles. The third-order valence-electron chi connectivity index (χ3n) is 2.84. The Labute approximate surface area is 83.9 Å². The highest BCUT2D eigenvalue weighted by molar-refractivity contribution is 6.31. The van der Waals surface area contributed by atoms with E-state index in [4.69, 9.17) is 17.3 Å². The average molecular weight is 196 g/mol. The van der Waals surface area contributed by atoms with E-state index in [0.29, 0.717) is 0 Å². The molecule has 1 nitrogen and oxygen atoms in total. The molecule has 1 atom stereocenters. The maximum Gasteiger partial charge on any atom is 0.0441 e. The lowest BCUT2D eigenvalue weighted by molar-refractivity contribution is 0.707. The standard InChI is InChI=1S/C11H14ClN/c1-2-8-9(12)5-3-7-4-6-10(13)11(7)8/h3,5,10H,2,4,6,13H2,1H3/t10-/m0/s1. The summed E-state index contributed by atoms with van der Waals surface area (Å²) in [4.78, 5) is 0. The number of fused-ring (bicyclic) bond motifs is 1. The molecule has 0 aromatic heterocycles. The van der Waals surface area contributed by atoms with E-state index in [2.05, 4.69) is 13.0 Å². The van der Waals surface area contributed by atoms with E-state index in [0.717, 1.165) is 24.3 Å². The van der Waals surface area contributed by atoms with Gasteiger partial charge in [-0.2, -0.15) is 0 Å². The fourth-order valence-electron chi connectivity index (χ4n) is 2.18. The quantitative estimate of drug-likeness (QED) is 0.733. The van der Waals surface area contributed by atoms with E-state index in [-0.39, 0.29) is 6.04 Å². The lowest BCUT2D eigenvalue weighted by Crippen LogP contribution is -2.08. The molecule has 1 aromatic carbocycles. The van der Waals surface area contributed by atoms with Crippen LogP contribution in [0.1, 0.15) is 36.1 Å². The van der Waals surface area contributed by atoms with Crippen LogP contribution in [-0.2, 0) is 12.8 Å². The first-order chi connectivity index (χ1) is 6.24. The zero-order valence-electron chi connectivity index (χ0n) is 7.81. The predicted octanol–water partition coefficient (Wildman–Crippen LogP) is 2.85. The molecule has 0 bridgehead atoms. The Balaban J connectivity index is 2.60. The van der Waals surface area contributed by atoms with Crippen LogP contribution >= 0.6 is 11.6 Å². The highest BCUT2D eigenvalue weighted by Crippen LogP contribution is 2.35. The highest BCUT2D eigenvalue weighted by Gasteiger charge is 2.22. The fourth-order valence-corrected chi connectivity index (χ4v) is 2.48. The van der Waals surface area contributed by atoms with E-state index < -0.39 is 0 Å². The van der Waals surface area contributed by atoms with Gasteiger partial charge in [0.15, 0.2) is 0 Å². The molecule has 0 heterocycles. The third-order valence-corrected chi connectivity index (χ3v) is 3.19. The molecule has 0 saturated carbocycles. The van der Waals surface area contributed by atoms with Crippen molar-refractivity contribution < 1.29 is 0 Å². The van der Waals surface area contributed by atoms with Crippen LogP contribution in [-0.4, -0.2) is 0 Å². The molecular weight excluding hydrogens is 182 g/mol. The first kappa shape index (κ1) is 9.04. The number of aryl methyl sites for hydroxylation is 1. The van der Waals surface area contributed by atoms with Gasteiger partial charge < -0.3 is 5.73 Å². The summed E-state index contributed by atoms with van der Waals surface area (Å²) in [6.45, 7) is 2.13. The van der Waals surface area contributed by atoms with Crippen molar-refractivity contribution in [2.24, 2.45) is 5.73 Å². The van der Waals surface area contributed by atoms with Gasteiger partial charge in [-0.05, 0) is 42.0 Å². The molecular formula is C11H14ClN. The molecule has 0 radical (unpaired) electrons. The third kappa shape index (κ3) is 1.36. The SMILES string of the molecule is CCc1c(Cl)ccc2c1[C@@H](N)CC2. The fraction of sp³-hybridized carbons (Fsp3) is 0.455. The molecule has 0 amide bonds. The monoisotopic (exact) mass is 195 g/mol.